The maximum absolute atomic E-state index is 13.1. The van der Waals surface area contributed by atoms with Crippen LogP contribution in [-0.2, 0) is 14.8 Å². The van der Waals surface area contributed by atoms with E-state index in [4.69, 9.17) is 0 Å². The molecule has 6 nitrogen and oxygen atoms in total. The van der Waals surface area contributed by atoms with Gasteiger partial charge in [-0.25, -0.2) is 17.8 Å². The standard InChI is InChI=1S/C20H20FN3O3S2/c1-13-4-2-6-17-18(13)22-20(28-17)23-19(25)14-5-3-11-24(12-14)29(26,27)16-9-7-15(21)8-10-16/h2,4,6-10,14H,3,5,11-12H2,1H3,(H,22,23,25). The van der Waals surface area contributed by atoms with Gasteiger partial charge in [0.1, 0.15) is 5.82 Å². The number of halogens is 1. The molecule has 1 aliphatic heterocycles. The van der Waals surface area contributed by atoms with Crippen molar-refractivity contribution in [2.75, 3.05) is 18.4 Å². The summed E-state index contributed by atoms with van der Waals surface area (Å²) in [6.07, 6.45) is 1.18. The molecule has 1 saturated heterocycles. The summed E-state index contributed by atoms with van der Waals surface area (Å²) in [5.74, 6) is -1.20. The number of hydrogen-bond acceptors (Lipinski definition) is 5. The molecule has 1 fully saturated rings. The van der Waals surface area contributed by atoms with E-state index in [-0.39, 0.29) is 17.3 Å². The summed E-state index contributed by atoms with van der Waals surface area (Å²) in [5, 5.41) is 3.36. The number of carbonyl (C=O) groups excluding carboxylic acids is 1. The highest BCUT2D eigenvalue weighted by Crippen LogP contribution is 2.29. The topological polar surface area (TPSA) is 79.4 Å². The summed E-state index contributed by atoms with van der Waals surface area (Å²) in [5.41, 5.74) is 1.89. The molecular weight excluding hydrogens is 413 g/mol. The lowest BCUT2D eigenvalue weighted by molar-refractivity contribution is -0.120. The van der Waals surface area contributed by atoms with Crippen LogP contribution < -0.4 is 5.32 Å². The number of rotatable bonds is 4. The average Bonchev–Trinajstić information content (AvgIpc) is 3.12. The molecule has 0 spiro atoms. The van der Waals surface area contributed by atoms with E-state index in [2.05, 4.69) is 10.3 Å². The predicted molar refractivity (Wildman–Crippen MR) is 111 cm³/mol. The summed E-state index contributed by atoms with van der Waals surface area (Å²) in [4.78, 5) is 17.3. The van der Waals surface area contributed by atoms with Gasteiger partial charge in [-0.1, -0.05) is 23.5 Å². The first-order valence-electron chi connectivity index (χ1n) is 9.27. The molecular formula is C20H20FN3O3S2. The van der Waals surface area contributed by atoms with E-state index in [1.807, 2.05) is 25.1 Å². The molecule has 2 aromatic carbocycles. The van der Waals surface area contributed by atoms with Gasteiger partial charge in [0.2, 0.25) is 15.9 Å². The monoisotopic (exact) mass is 433 g/mol. The van der Waals surface area contributed by atoms with Crippen molar-refractivity contribution in [2.45, 2.75) is 24.7 Å². The highest BCUT2D eigenvalue weighted by Gasteiger charge is 2.33. The van der Waals surface area contributed by atoms with Gasteiger partial charge >= 0.3 is 0 Å². The molecule has 1 N–H and O–H groups in total. The molecule has 0 bridgehead atoms. The molecule has 29 heavy (non-hydrogen) atoms. The number of thiazole rings is 1. The van der Waals surface area contributed by atoms with Crippen molar-refractivity contribution in [3.05, 3.63) is 53.8 Å². The van der Waals surface area contributed by atoms with Gasteiger partial charge in [0.25, 0.3) is 0 Å². The fraction of sp³-hybridized carbons (Fsp3) is 0.300. The van der Waals surface area contributed by atoms with Crippen molar-refractivity contribution in [3.63, 3.8) is 0 Å². The number of nitrogens with one attached hydrogen (secondary N) is 1. The third kappa shape index (κ3) is 4.03. The quantitative estimate of drug-likeness (QED) is 0.679. The zero-order valence-electron chi connectivity index (χ0n) is 15.8. The molecule has 2 heterocycles. The van der Waals surface area contributed by atoms with Gasteiger partial charge in [0, 0.05) is 13.1 Å². The predicted octanol–water partition coefficient (Wildman–Crippen LogP) is 3.78. The number of piperidine rings is 1. The second-order valence-electron chi connectivity index (χ2n) is 7.09. The number of amides is 1. The van der Waals surface area contributed by atoms with Gasteiger partial charge in [-0.05, 0) is 55.7 Å². The summed E-state index contributed by atoms with van der Waals surface area (Å²) < 4.78 is 41.1. The first kappa shape index (κ1) is 19.9. The summed E-state index contributed by atoms with van der Waals surface area (Å²) in [7, 11) is -3.77. The van der Waals surface area contributed by atoms with Crippen molar-refractivity contribution in [2.24, 2.45) is 5.92 Å². The molecule has 0 saturated carbocycles. The Morgan fingerprint density at radius 3 is 2.72 bits per heavy atom. The summed E-state index contributed by atoms with van der Waals surface area (Å²) in [6.45, 7) is 2.40. The van der Waals surface area contributed by atoms with E-state index < -0.39 is 21.8 Å². The molecule has 1 atom stereocenters. The highest BCUT2D eigenvalue weighted by atomic mass is 32.2. The molecule has 1 aromatic heterocycles. The number of aryl methyl sites for hydroxylation is 1. The number of carbonyl (C=O) groups is 1. The lowest BCUT2D eigenvalue weighted by atomic mass is 9.99. The Balaban J connectivity index is 1.49. The van der Waals surface area contributed by atoms with E-state index in [1.54, 1.807) is 0 Å². The second-order valence-corrected chi connectivity index (χ2v) is 10.1. The van der Waals surface area contributed by atoms with Gasteiger partial charge in [-0.15, -0.1) is 0 Å². The van der Waals surface area contributed by atoms with Crippen LogP contribution in [0.2, 0.25) is 0 Å². The fourth-order valence-corrected chi connectivity index (χ4v) is 5.95. The second kappa shape index (κ2) is 7.81. The van der Waals surface area contributed by atoms with Crippen molar-refractivity contribution in [3.8, 4) is 0 Å². The minimum absolute atomic E-state index is 0.0293. The number of nitrogens with zero attached hydrogens (tertiary/aromatic N) is 2. The summed E-state index contributed by atoms with van der Waals surface area (Å²) in [6, 6.07) is 10.6. The zero-order valence-corrected chi connectivity index (χ0v) is 17.4. The van der Waals surface area contributed by atoms with Crippen LogP contribution in [0.25, 0.3) is 10.2 Å². The molecule has 9 heteroatoms. The van der Waals surface area contributed by atoms with Gasteiger partial charge in [0.05, 0.1) is 21.0 Å². The third-order valence-corrected chi connectivity index (χ3v) is 7.87. The van der Waals surface area contributed by atoms with Crippen LogP contribution in [-0.4, -0.2) is 36.7 Å². The minimum atomic E-state index is -3.77. The number of fused-ring (bicyclic) bond motifs is 1. The average molecular weight is 434 g/mol. The lowest BCUT2D eigenvalue weighted by Crippen LogP contribution is -2.43. The molecule has 4 rings (SSSR count). The van der Waals surface area contributed by atoms with Gasteiger partial charge in [-0.2, -0.15) is 4.31 Å². The number of para-hydroxylation sites is 1. The van der Waals surface area contributed by atoms with E-state index in [1.165, 1.54) is 27.8 Å². The van der Waals surface area contributed by atoms with Crippen molar-refractivity contribution < 1.29 is 17.6 Å². The van der Waals surface area contributed by atoms with Crippen LogP contribution in [0, 0.1) is 18.7 Å². The minimum Gasteiger partial charge on any atom is -0.302 e. The van der Waals surface area contributed by atoms with E-state index in [9.17, 15) is 17.6 Å². The maximum atomic E-state index is 13.1. The number of sulfonamides is 1. The zero-order chi connectivity index (χ0) is 20.6. The molecule has 1 aliphatic rings. The fourth-order valence-electron chi connectivity index (χ4n) is 3.48. The largest absolute Gasteiger partial charge is 0.302 e. The van der Waals surface area contributed by atoms with E-state index >= 15 is 0 Å². The number of hydrogen-bond donors (Lipinski definition) is 1. The van der Waals surface area contributed by atoms with Crippen molar-refractivity contribution in [1.29, 1.82) is 0 Å². The van der Waals surface area contributed by atoms with Crippen LogP contribution >= 0.6 is 11.3 Å². The Labute approximate surface area is 172 Å². The Morgan fingerprint density at radius 2 is 2.00 bits per heavy atom. The lowest BCUT2D eigenvalue weighted by Gasteiger charge is -2.31. The Hall–Kier alpha value is -2.36. The normalized spacial score (nSPS) is 18.1. The van der Waals surface area contributed by atoms with Gasteiger partial charge in [0.15, 0.2) is 5.13 Å². The van der Waals surface area contributed by atoms with Crippen LogP contribution in [0.4, 0.5) is 9.52 Å². The maximum Gasteiger partial charge on any atom is 0.243 e. The van der Waals surface area contributed by atoms with Gasteiger partial charge < -0.3 is 5.32 Å². The summed E-state index contributed by atoms with van der Waals surface area (Å²) >= 11 is 1.40. The Kier molecular flexibility index (Phi) is 5.37. The van der Waals surface area contributed by atoms with Crippen LogP contribution in [0.3, 0.4) is 0 Å². The third-order valence-electron chi connectivity index (χ3n) is 5.06. The Bertz CT molecular complexity index is 1160. The van der Waals surface area contributed by atoms with Crippen molar-refractivity contribution in [1.82, 2.24) is 9.29 Å². The molecule has 1 amide bonds. The smallest absolute Gasteiger partial charge is 0.243 e. The Morgan fingerprint density at radius 1 is 1.24 bits per heavy atom. The van der Waals surface area contributed by atoms with Crippen LogP contribution in [0.15, 0.2) is 47.4 Å². The molecule has 0 radical (unpaired) electrons. The number of anilines is 1. The van der Waals surface area contributed by atoms with E-state index in [0.29, 0.717) is 24.5 Å². The first-order chi connectivity index (χ1) is 13.8. The van der Waals surface area contributed by atoms with Gasteiger partial charge in [-0.3, -0.25) is 4.79 Å². The number of aromatic nitrogens is 1. The molecule has 3 aromatic rings. The van der Waals surface area contributed by atoms with Crippen LogP contribution in [0.1, 0.15) is 18.4 Å². The first-order valence-corrected chi connectivity index (χ1v) is 11.5. The molecule has 152 valence electrons. The highest BCUT2D eigenvalue weighted by molar-refractivity contribution is 7.89. The molecule has 1 unspecified atom stereocenters. The van der Waals surface area contributed by atoms with E-state index in [0.717, 1.165) is 27.9 Å². The molecule has 0 aliphatic carbocycles. The van der Waals surface area contributed by atoms with Crippen LogP contribution in [0.5, 0.6) is 0 Å². The van der Waals surface area contributed by atoms with Crippen molar-refractivity contribution >= 4 is 42.6 Å². The number of benzene rings is 2. The SMILES string of the molecule is Cc1cccc2sc(NC(=O)C3CCCN(S(=O)(=O)c4ccc(F)cc4)C3)nc12.